The highest BCUT2D eigenvalue weighted by atomic mass is 16.5. The van der Waals surface area contributed by atoms with Crippen LogP contribution in [-0.4, -0.2) is 41.2 Å². The van der Waals surface area contributed by atoms with Crippen LogP contribution >= 0.6 is 0 Å². The number of nitrogens with one attached hydrogen (secondary N) is 2. The number of hydrogen-bond donors (Lipinski definition) is 2. The highest BCUT2D eigenvalue weighted by molar-refractivity contribution is 6.02. The Kier molecular flexibility index (Phi) is 9.68. The minimum Gasteiger partial charge on any atom is -0.465 e. The highest BCUT2D eigenvalue weighted by Gasteiger charge is 2.29. The average Bonchev–Trinajstić information content (AvgIpc) is 3.23. The van der Waals surface area contributed by atoms with Crippen molar-refractivity contribution in [1.29, 1.82) is 0 Å². The third-order valence-electron chi connectivity index (χ3n) is 7.02. The van der Waals surface area contributed by atoms with Gasteiger partial charge in [0.2, 0.25) is 5.91 Å². The number of aromatic nitrogens is 1. The van der Waals surface area contributed by atoms with Crippen molar-refractivity contribution in [3.8, 4) is 0 Å². The molecule has 1 heterocycles. The molecule has 212 valence electrons. The van der Waals surface area contributed by atoms with Crippen LogP contribution in [0.15, 0.2) is 90.0 Å². The highest BCUT2D eigenvalue weighted by Crippen LogP contribution is 2.26. The molecule has 4 aromatic rings. The third kappa shape index (κ3) is 6.90. The molecule has 0 saturated heterocycles. The van der Waals surface area contributed by atoms with Crippen molar-refractivity contribution >= 4 is 34.9 Å². The van der Waals surface area contributed by atoms with E-state index in [0.717, 1.165) is 33.3 Å². The van der Waals surface area contributed by atoms with Gasteiger partial charge in [-0.2, -0.15) is 5.10 Å². The van der Waals surface area contributed by atoms with Crippen LogP contribution in [0.4, 0.5) is 0 Å². The number of nitrogens with zero attached hydrogens (tertiary/aromatic N) is 2. The van der Waals surface area contributed by atoms with Crippen LogP contribution in [0, 0.1) is 12.8 Å². The maximum Gasteiger partial charge on any atom is 0.325 e. The van der Waals surface area contributed by atoms with Crippen molar-refractivity contribution in [1.82, 2.24) is 15.3 Å². The van der Waals surface area contributed by atoms with Crippen molar-refractivity contribution in [3.63, 3.8) is 0 Å². The number of amides is 2. The van der Waals surface area contributed by atoms with Gasteiger partial charge in [-0.15, -0.1) is 0 Å². The summed E-state index contributed by atoms with van der Waals surface area (Å²) in [5.41, 5.74) is 6.76. The van der Waals surface area contributed by atoms with E-state index in [0.29, 0.717) is 6.61 Å². The van der Waals surface area contributed by atoms with Gasteiger partial charge < -0.3 is 14.6 Å². The Hall–Kier alpha value is -4.72. The fraction of sp³-hybridized carbons (Fsp3) is 0.273. The van der Waals surface area contributed by atoms with Gasteiger partial charge in [0, 0.05) is 22.2 Å². The molecule has 1 atom stereocenters. The second-order valence-corrected chi connectivity index (χ2v) is 10.1. The first-order valence-corrected chi connectivity index (χ1v) is 13.8. The Bertz CT molecular complexity index is 1490. The summed E-state index contributed by atoms with van der Waals surface area (Å²) >= 11 is 0. The zero-order valence-corrected chi connectivity index (χ0v) is 23.8. The van der Waals surface area contributed by atoms with Gasteiger partial charge in [0.25, 0.3) is 5.91 Å². The van der Waals surface area contributed by atoms with Gasteiger partial charge in [-0.05, 0) is 37.0 Å². The van der Waals surface area contributed by atoms with Crippen LogP contribution in [0.25, 0.3) is 10.9 Å². The molecule has 0 radical (unpaired) electrons. The zero-order valence-electron chi connectivity index (χ0n) is 23.8. The fourth-order valence-electron chi connectivity index (χ4n) is 4.95. The number of fused-ring (bicyclic) bond motifs is 1. The maximum absolute atomic E-state index is 13.6. The summed E-state index contributed by atoms with van der Waals surface area (Å²) in [6, 6.07) is 25.9. The average molecular weight is 553 g/mol. The number of carbonyl (C=O) groups excluding carboxylic acids is 3. The van der Waals surface area contributed by atoms with Crippen LogP contribution in [0.1, 0.15) is 49.1 Å². The smallest absolute Gasteiger partial charge is 0.325 e. The third-order valence-corrected chi connectivity index (χ3v) is 7.02. The first-order valence-electron chi connectivity index (χ1n) is 13.8. The zero-order chi connectivity index (χ0) is 29.4. The molecule has 0 bridgehead atoms. The monoisotopic (exact) mass is 552 g/mol. The van der Waals surface area contributed by atoms with Crippen LogP contribution < -0.4 is 10.7 Å². The van der Waals surface area contributed by atoms with Crippen molar-refractivity contribution in [2.45, 2.75) is 46.2 Å². The molecule has 1 aromatic heterocycles. The molecule has 8 heteroatoms. The van der Waals surface area contributed by atoms with Crippen LogP contribution in [0.5, 0.6) is 0 Å². The van der Waals surface area contributed by atoms with Crippen LogP contribution in [-0.2, 0) is 25.7 Å². The van der Waals surface area contributed by atoms with Crippen molar-refractivity contribution in [2.24, 2.45) is 11.0 Å². The van der Waals surface area contributed by atoms with Gasteiger partial charge in [0.05, 0.1) is 18.7 Å². The topological polar surface area (TPSA) is 102 Å². The summed E-state index contributed by atoms with van der Waals surface area (Å²) in [6.45, 7) is 7.81. The quantitative estimate of drug-likeness (QED) is 0.156. The Balaban J connectivity index is 1.53. The molecular weight excluding hydrogens is 516 g/mol. The van der Waals surface area contributed by atoms with E-state index in [9.17, 15) is 14.4 Å². The van der Waals surface area contributed by atoms with Crippen molar-refractivity contribution in [3.05, 3.63) is 107 Å². The molecule has 41 heavy (non-hydrogen) atoms. The minimum atomic E-state index is -0.805. The van der Waals surface area contributed by atoms with Gasteiger partial charge in [0.15, 0.2) is 0 Å². The maximum atomic E-state index is 13.6. The molecule has 3 aromatic carbocycles. The van der Waals surface area contributed by atoms with E-state index in [1.165, 1.54) is 0 Å². The van der Waals surface area contributed by atoms with Gasteiger partial charge >= 0.3 is 5.97 Å². The van der Waals surface area contributed by atoms with Gasteiger partial charge in [-0.25, -0.2) is 5.43 Å². The number of para-hydroxylation sites is 1. The Labute approximate surface area is 240 Å². The molecule has 4 rings (SSSR count). The number of hydrogen-bond acceptors (Lipinski definition) is 5. The number of esters is 1. The lowest BCUT2D eigenvalue weighted by atomic mass is 9.89. The predicted molar refractivity (Wildman–Crippen MR) is 161 cm³/mol. The lowest BCUT2D eigenvalue weighted by Crippen LogP contribution is -2.50. The molecule has 2 amide bonds. The van der Waals surface area contributed by atoms with Crippen molar-refractivity contribution < 1.29 is 19.1 Å². The Morgan fingerprint density at radius 1 is 0.878 bits per heavy atom. The van der Waals surface area contributed by atoms with E-state index in [1.54, 1.807) is 13.1 Å². The summed E-state index contributed by atoms with van der Waals surface area (Å²) in [4.78, 5) is 39.1. The number of hydrazone groups is 1. The van der Waals surface area contributed by atoms with E-state index in [1.807, 2.05) is 110 Å². The van der Waals surface area contributed by atoms with E-state index in [2.05, 4.69) is 15.8 Å². The standard InChI is InChI=1S/C33H36N4O4/c1-5-41-29(38)21-37-23(4)27(26-18-12-13-19-28(26)37)20-34-36-33(40)31(22(2)3)35-32(39)30(24-14-8-6-9-15-24)25-16-10-7-11-17-25/h6-20,22,30-31H,5,21H2,1-4H3,(H,35,39)(H,36,40)/b34-20-/t31-/m0/s1. The molecule has 0 aliphatic carbocycles. The summed E-state index contributed by atoms with van der Waals surface area (Å²) in [5.74, 6) is -1.76. The molecule has 0 fully saturated rings. The molecule has 0 saturated carbocycles. The predicted octanol–water partition coefficient (Wildman–Crippen LogP) is 4.94. The number of rotatable bonds is 11. The summed E-state index contributed by atoms with van der Waals surface area (Å²) in [6.07, 6.45) is 1.58. The molecule has 0 spiro atoms. The molecule has 0 aliphatic rings. The SMILES string of the molecule is CCOC(=O)Cn1c(C)c(/C=N\NC(=O)[C@@H](NC(=O)C(c2ccccc2)c2ccccc2)C(C)C)c2ccccc21. The normalized spacial score (nSPS) is 12.1. The molecule has 2 N–H and O–H groups in total. The number of ether oxygens (including phenoxy) is 1. The minimum absolute atomic E-state index is 0.0752. The van der Waals surface area contributed by atoms with E-state index >= 15 is 0 Å². The summed E-state index contributed by atoms with van der Waals surface area (Å²) < 4.78 is 7.02. The first kappa shape index (κ1) is 29.3. The molecular formula is C33H36N4O4. The summed E-state index contributed by atoms with van der Waals surface area (Å²) in [5, 5.41) is 8.11. The van der Waals surface area contributed by atoms with Crippen molar-refractivity contribution in [2.75, 3.05) is 6.61 Å². The largest absolute Gasteiger partial charge is 0.465 e. The lowest BCUT2D eigenvalue weighted by molar-refractivity contribution is -0.143. The molecule has 0 aliphatic heterocycles. The molecule has 8 nitrogen and oxygen atoms in total. The molecule has 0 unspecified atom stereocenters. The van der Waals surface area contributed by atoms with Gasteiger partial charge in [-0.1, -0.05) is 92.7 Å². The Morgan fingerprint density at radius 3 is 2.05 bits per heavy atom. The van der Waals surface area contributed by atoms with E-state index in [-0.39, 0.29) is 24.3 Å². The number of benzene rings is 3. The second kappa shape index (κ2) is 13.6. The van der Waals surface area contributed by atoms with Crippen LogP contribution in [0.2, 0.25) is 0 Å². The number of carbonyl (C=O) groups is 3. The fourth-order valence-corrected chi connectivity index (χ4v) is 4.95. The van der Waals surface area contributed by atoms with E-state index in [4.69, 9.17) is 4.74 Å². The van der Waals surface area contributed by atoms with Gasteiger partial charge in [0.1, 0.15) is 12.6 Å². The summed E-state index contributed by atoms with van der Waals surface area (Å²) in [7, 11) is 0. The Morgan fingerprint density at radius 2 is 1.46 bits per heavy atom. The second-order valence-electron chi connectivity index (χ2n) is 10.1. The van der Waals surface area contributed by atoms with E-state index < -0.39 is 17.9 Å². The first-order chi connectivity index (χ1) is 19.8. The van der Waals surface area contributed by atoms with Crippen LogP contribution in [0.3, 0.4) is 0 Å². The van der Waals surface area contributed by atoms with Gasteiger partial charge in [-0.3, -0.25) is 14.4 Å². The lowest BCUT2D eigenvalue weighted by Gasteiger charge is -2.24.